The first-order valence-corrected chi connectivity index (χ1v) is 29.7. The Morgan fingerprint density at radius 1 is 0.461 bits per heavy atom. The van der Waals surface area contributed by atoms with Gasteiger partial charge in [-0.25, -0.2) is 0 Å². The fourth-order valence-corrected chi connectivity index (χ4v) is 8.19. The van der Waals surface area contributed by atoms with E-state index in [9.17, 15) is 30.3 Å². The normalized spacial score (nSPS) is 20.0. The smallest absolute Gasteiger partial charge is 0.220 e. The average Bonchev–Trinajstić information content (AvgIpc) is 3.42. The first kappa shape index (κ1) is 69.8. The predicted molar refractivity (Wildman–Crippen MR) is 322 cm³/mol. The van der Waals surface area contributed by atoms with Crippen LogP contribution >= 0.6 is 0 Å². The molecule has 0 aromatic heterocycles. The van der Waals surface area contributed by atoms with Crippen molar-refractivity contribution in [1.82, 2.24) is 5.32 Å². The van der Waals surface area contributed by atoms with Gasteiger partial charge >= 0.3 is 0 Å². The van der Waals surface area contributed by atoms with E-state index in [4.69, 9.17) is 9.47 Å². The van der Waals surface area contributed by atoms with E-state index in [2.05, 4.69) is 165 Å². The molecule has 9 heteroatoms. The maximum atomic E-state index is 13.0. The number of unbranched alkanes of at least 4 members (excludes halogenated alkanes) is 14. The summed E-state index contributed by atoms with van der Waals surface area (Å²) in [6, 6.07) is -0.840. The van der Waals surface area contributed by atoms with E-state index in [1.165, 1.54) is 64.2 Å². The first-order valence-electron chi connectivity index (χ1n) is 29.7. The molecule has 0 spiro atoms. The van der Waals surface area contributed by atoms with Gasteiger partial charge in [-0.2, -0.15) is 0 Å². The molecule has 0 bridgehead atoms. The van der Waals surface area contributed by atoms with Crippen molar-refractivity contribution in [3.8, 4) is 0 Å². The molecule has 0 saturated carbocycles. The van der Waals surface area contributed by atoms with E-state index in [-0.39, 0.29) is 18.9 Å². The van der Waals surface area contributed by atoms with Crippen LogP contribution < -0.4 is 5.32 Å². The number of hydrogen-bond acceptors (Lipinski definition) is 8. The zero-order valence-corrected chi connectivity index (χ0v) is 47.4. The van der Waals surface area contributed by atoms with E-state index in [0.29, 0.717) is 6.42 Å². The lowest BCUT2D eigenvalue weighted by Gasteiger charge is -2.40. The zero-order chi connectivity index (χ0) is 55.0. The van der Waals surface area contributed by atoms with Crippen molar-refractivity contribution in [3.63, 3.8) is 0 Å². The fourth-order valence-electron chi connectivity index (χ4n) is 8.19. The number of aliphatic hydroxyl groups is 5. The van der Waals surface area contributed by atoms with Crippen molar-refractivity contribution in [2.75, 3.05) is 13.2 Å². The molecule has 1 heterocycles. The number of carbonyl (C=O) groups excluding carboxylic acids is 1. The lowest BCUT2D eigenvalue weighted by Crippen LogP contribution is -2.60. The highest BCUT2D eigenvalue weighted by molar-refractivity contribution is 5.76. The Hall–Kier alpha value is -4.19. The third-order valence-electron chi connectivity index (χ3n) is 12.9. The summed E-state index contributed by atoms with van der Waals surface area (Å²) in [7, 11) is 0. The highest BCUT2D eigenvalue weighted by atomic mass is 16.7. The Bertz CT molecular complexity index is 1740. The molecule has 1 amide bonds. The van der Waals surface area contributed by atoms with Crippen molar-refractivity contribution >= 4 is 5.91 Å². The summed E-state index contributed by atoms with van der Waals surface area (Å²) in [5.41, 5.74) is 0. The topological polar surface area (TPSA) is 149 Å². The van der Waals surface area contributed by atoms with Crippen molar-refractivity contribution in [1.29, 1.82) is 0 Å². The summed E-state index contributed by atoms with van der Waals surface area (Å²) < 4.78 is 11.2. The number of carbonyl (C=O) groups is 1. The number of amides is 1. The van der Waals surface area contributed by atoms with Crippen LogP contribution in [0, 0.1) is 0 Å². The minimum absolute atomic E-state index is 0.216. The van der Waals surface area contributed by atoms with Crippen LogP contribution in [0.2, 0.25) is 0 Å². The number of rotatable bonds is 48. The monoisotopic (exact) mass is 1050 g/mol. The molecule has 0 aromatic rings. The molecule has 1 fully saturated rings. The molecule has 0 aliphatic carbocycles. The summed E-state index contributed by atoms with van der Waals surface area (Å²) in [5.74, 6) is -0.226. The van der Waals surface area contributed by atoms with Crippen LogP contribution in [0.5, 0.6) is 0 Å². The summed E-state index contributed by atoms with van der Waals surface area (Å²) in [6.45, 7) is 3.61. The molecule has 1 saturated heterocycles. The van der Waals surface area contributed by atoms with E-state index in [1.807, 2.05) is 6.08 Å². The summed E-state index contributed by atoms with van der Waals surface area (Å²) in [5, 5.41) is 54.4. The molecule has 76 heavy (non-hydrogen) atoms. The Kier molecular flexibility index (Phi) is 49.8. The Morgan fingerprint density at radius 3 is 1.21 bits per heavy atom. The van der Waals surface area contributed by atoms with Gasteiger partial charge in [0.2, 0.25) is 5.91 Å². The summed E-state index contributed by atoms with van der Waals surface area (Å²) in [4.78, 5) is 13.0. The van der Waals surface area contributed by atoms with Crippen LogP contribution in [0.25, 0.3) is 0 Å². The van der Waals surface area contributed by atoms with Gasteiger partial charge in [0.15, 0.2) is 6.29 Å². The lowest BCUT2D eigenvalue weighted by molar-refractivity contribution is -0.302. The summed E-state index contributed by atoms with van der Waals surface area (Å²) in [6.07, 6.45) is 78.8. The van der Waals surface area contributed by atoms with Crippen molar-refractivity contribution in [2.24, 2.45) is 0 Å². The summed E-state index contributed by atoms with van der Waals surface area (Å²) >= 11 is 0. The number of hydrogen-bond donors (Lipinski definition) is 6. The van der Waals surface area contributed by atoms with E-state index in [0.717, 1.165) is 109 Å². The van der Waals surface area contributed by atoms with Gasteiger partial charge in [-0.1, -0.05) is 242 Å². The molecule has 1 rings (SSSR count). The van der Waals surface area contributed by atoms with Gasteiger partial charge in [0.05, 0.1) is 25.4 Å². The van der Waals surface area contributed by atoms with Gasteiger partial charge < -0.3 is 40.3 Å². The van der Waals surface area contributed by atoms with E-state index < -0.39 is 49.5 Å². The minimum Gasteiger partial charge on any atom is -0.394 e. The highest BCUT2D eigenvalue weighted by Crippen LogP contribution is 2.22. The average molecular weight is 1050 g/mol. The standard InChI is InChI=1S/C67H107NO8/c1-3-5-7-9-11-13-15-17-19-20-21-22-23-24-25-26-27-28-29-30-31-32-33-34-35-36-37-38-39-40-41-42-43-45-47-49-51-53-55-57-63(71)68-60(59-75-67-66(74)65(73)64(72)62(58-69)76-67)61(70)56-54-52-50-48-46-44-18-16-14-12-10-8-6-4-2/h5,7,11,13,17,19,21-22,24-25,27-28,30-31,33-34,36-37,39-40,42-43,47,49,54,56,60-62,64-67,69-70,72-74H,3-4,6,8-10,12,14-16,18,20,23,26,29,32,35,38,41,44-46,48,50-53,55,57-59H2,1-2H3,(H,68,71)/b7-5-,13-11-,19-17-,22-21-,25-24-,28-27-,31-30-,34-33-,37-36-,40-39-,43-42-,49-47-,56-54+. The first-order chi connectivity index (χ1) is 37.3. The molecule has 7 atom stereocenters. The SMILES string of the molecule is CC/C=C\C/C=C\C/C=C\C/C=C\C/C=C\C/C=C\C/C=C\C/C=C\C/C=C\C/C=C\C/C=C\C/C=C\CCCCC(=O)NC(COC1OC(CO)C(O)C(O)C1O)C(O)/C=C/CCCCCCCCCCCCCC. The highest BCUT2D eigenvalue weighted by Gasteiger charge is 2.44. The zero-order valence-electron chi connectivity index (χ0n) is 47.4. The van der Waals surface area contributed by atoms with Crippen LogP contribution in [0.4, 0.5) is 0 Å². The molecule has 428 valence electrons. The second-order valence-corrected chi connectivity index (χ2v) is 19.7. The second-order valence-electron chi connectivity index (χ2n) is 19.7. The van der Waals surface area contributed by atoms with Crippen LogP contribution in [-0.4, -0.2) is 87.5 Å². The third kappa shape index (κ3) is 42.9. The number of aliphatic hydroxyl groups excluding tert-OH is 5. The van der Waals surface area contributed by atoms with Gasteiger partial charge in [-0.05, 0) is 109 Å². The second kappa shape index (κ2) is 54.2. The van der Waals surface area contributed by atoms with Gasteiger partial charge in [0.25, 0.3) is 0 Å². The molecule has 6 N–H and O–H groups in total. The van der Waals surface area contributed by atoms with Crippen molar-refractivity contribution in [3.05, 3.63) is 158 Å². The van der Waals surface area contributed by atoms with E-state index in [1.54, 1.807) is 6.08 Å². The molecule has 9 nitrogen and oxygen atoms in total. The van der Waals surface area contributed by atoms with Gasteiger partial charge in [-0.3, -0.25) is 4.79 Å². The largest absolute Gasteiger partial charge is 0.394 e. The number of ether oxygens (including phenoxy) is 2. The predicted octanol–water partition coefficient (Wildman–Crippen LogP) is 15.2. The maximum absolute atomic E-state index is 13.0. The van der Waals surface area contributed by atoms with Crippen LogP contribution in [0.15, 0.2) is 158 Å². The quantitative estimate of drug-likeness (QED) is 0.0261. The Morgan fingerprint density at radius 2 is 0.816 bits per heavy atom. The van der Waals surface area contributed by atoms with Crippen molar-refractivity contribution in [2.45, 2.75) is 243 Å². The molecular weight excluding hydrogens is 947 g/mol. The number of allylic oxidation sites excluding steroid dienone is 25. The van der Waals surface area contributed by atoms with Crippen LogP contribution in [-0.2, 0) is 14.3 Å². The van der Waals surface area contributed by atoms with Crippen LogP contribution in [0.1, 0.15) is 200 Å². The Labute approximate surface area is 463 Å². The third-order valence-corrected chi connectivity index (χ3v) is 12.9. The van der Waals surface area contributed by atoms with Gasteiger partial charge in [0, 0.05) is 6.42 Å². The van der Waals surface area contributed by atoms with Crippen molar-refractivity contribution < 1.29 is 39.8 Å². The molecule has 1 aliphatic rings. The van der Waals surface area contributed by atoms with E-state index >= 15 is 0 Å². The van der Waals surface area contributed by atoms with Crippen LogP contribution in [0.3, 0.4) is 0 Å². The molecule has 0 aromatic carbocycles. The lowest BCUT2D eigenvalue weighted by atomic mass is 9.99. The van der Waals surface area contributed by atoms with Gasteiger partial charge in [-0.15, -0.1) is 0 Å². The fraction of sp³-hybridized carbons (Fsp3) is 0.597. The Balaban J connectivity index is 2.23. The molecule has 1 aliphatic heterocycles. The van der Waals surface area contributed by atoms with Gasteiger partial charge in [0.1, 0.15) is 24.4 Å². The molecular formula is C67H107NO8. The minimum atomic E-state index is -1.58. The maximum Gasteiger partial charge on any atom is 0.220 e. The molecule has 0 radical (unpaired) electrons. The molecule has 7 unspecified atom stereocenters. The number of nitrogens with one attached hydrogen (secondary N) is 1.